The van der Waals surface area contributed by atoms with Crippen molar-refractivity contribution in [1.82, 2.24) is 4.90 Å². The van der Waals surface area contributed by atoms with E-state index in [1.54, 1.807) is 7.11 Å². The minimum atomic E-state index is -0.525. The molecule has 0 spiro atoms. The molecule has 1 amide bonds. The van der Waals surface area contributed by atoms with Gasteiger partial charge in [0.1, 0.15) is 0 Å². The predicted molar refractivity (Wildman–Crippen MR) is 85.1 cm³/mol. The van der Waals surface area contributed by atoms with E-state index in [4.69, 9.17) is 10.5 Å². The lowest BCUT2D eigenvalue weighted by molar-refractivity contribution is -0.138. The third-order valence-electron chi connectivity index (χ3n) is 4.38. The number of anilines is 1. The van der Waals surface area contributed by atoms with E-state index in [1.165, 1.54) is 0 Å². The molecule has 0 bridgehead atoms. The van der Waals surface area contributed by atoms with Crippen molar-refractivity contribution < 1.29 is 9.53 Å². The van der Waals surface area contributed by atoms with Crippen LogP contribution < -0.4 is 5.73 Å². The third-order valence-corrected chi connectivity index (χ3v) is 4.38. The predicted octanol–water partition coefficient (Wildman–Crippen LogP) is 2.43. The number of nitrogen functional groups attached to an aromatic ring is 1. The molecule has 1 unspecified atom stereocenters. The Bertz CT molecular complexity index is 480. The van der Waals surface area contributed by atoms with Crippen molar-refractivity contribution in [3.05, 3.63) is 29.8 Å². The van der Waals surface area contributed by atoms with Crippen LogP contribution in [0.3, 0.4) is 0 Å². The summed E-state index contributed by atoms with van der Waals surface area (Å²) in [6, 6.07) is 7.61. The number of benzene rings is 1. The zero-order valence-corrected chi connectivity index (χ0v) is 13.3. The summed E-state index contributed by atoms with van der Waals surface area (Å²) in [6.45, 7) is 6.34. The molecule has 0 radical (unpaired) electrons. The van der Waals surface area contributed by atoms with E-state index in [2.05, 4.69) is 0 Å². The molecule has 116 valence electrons. The quantitative estimate of drug-likeness (QED) is 0.867. The second kappa shape index (κ2) is 6.48. The number of carbonyl (C=O) groups excluding carboxylic acids is 1. The Balaban J connectivity index is 2.11. The average molecular weight is 290 g/mol. The monoisotopic (exact) mass is 290 g/mol. The van der Waals surface area contributed by atoms with Crippen LogP contribution in [-0.4, -0.2) is 37.6 Å². The maximum atomic E-state index is 12.9. The number of hydrogen-bond donors (Lipinski definition) is 1. The van der Waals surface area contributed by atoms with Gasteiger partial charge in [0.2, 0.25) is 5.91 Å². The third kappa shape index (κ3) is 3.56. The maximum absolute atomic E-state index is 12.9. The number of nitrogens with two attached hydrogens (primary N) is 1. The van der Waals surface area contributed by atoms with Gasteiger partial charge in [-0.15, -0.1) is 0 Å². The number of rotatable bonds is 4. The number of likely N-dealkylation sites (tertiary alicyclic amines) is 1. The molecule has 2 N–H and O–H groups in total. The van der Waals surface area contributed by atoms with Crippen molar-refractivity contribution in [3.8, 4) is 0 Å². The maximum Gasteiger partial charge on any atom is 0.232 e. The van der Waals surface area contributed by atoms with Crippen LogP contribution in [0.1, 0.15) is 32.3 Å². The van der Waals surface area contributed by atoms with Gasteiger partial charge < -0.3 is 15.4 Å². The van der Waals surface area contributed by atoms with E-state index in [0.717, 1.165) is 43.8 Å². The summed E-state index contributed by atoms with van der Waals surface area (Å²) in [6.07, 6.45) is 2.19. The fraction of sp³-hybridized carbons (Fsp3) is 0.588. The van der Waals surface area contributed by atoms with Crippen molar-refractivity contribution in [2.45, 2.75) is 32.1 Å². The lowest BCUT2D eigenvalue weighted by atomic mass is 9.82. The van der Waals surface area contributed by atoms with Crippen molar-refractivity contribution in [3.63, 3.8) is 0 Å². The summed E-state index contributed by atoms with van der Waals surface area (Å²) in [5.74, 6) is 0.642. The van der Waals surface area contributed by atoms with Crippen LogP contribution in [0, 0.1) is 5.92 Å². The van der Waals surface area contributed by atoms with Crippen LogP contribution in [0.15, 0.2) is 24.3 Å². The summed E-state index contributed by atoms with van der Waals surface area (Å²) in [4.78, 5) is 14.9. The van der Waals surface area contributed by atoms with Crippen molar-refractivity contribution in [2.75, 3.05) is 32.5 Å². The van der Waals surface area contributed by atoms with Crippen molar-refractivity contribution in [2.24, 2.45) is 5.92 Å². The number of hydrogen-bond acceptors (Lipinski definition) is 3. The fourth-order valence-corrected chi connectivity index (χ4v) is 3.04. The molecule has 0 aromatic heterocycles. The van der Waals surface area contributed by atoms with Gasteiger partial charge in [-0.2, -0.15) is 0 Å². The second-order valence-corrected chi connectivity index (χ2v) is 6.46. The van der Waals surface area contributed by atoms with Gasteiger partial charge in [0.25, 0.3) is 0 Å². The number of ether oxygens (including phenoxy) is 1. The zero-order valence-electron chi connectivity index (χ0n) is 13.3. The Morgan fingerprint density at radius 1 is 1.38 bits per heavy atom. The first kappa shape index (κ1) is 15.8. The van der Waals surface area contributed by atoms with E-state index in [-0.39, 0.29) is 5.91 Å². The molecule has 1 aliphatic heterocycles. The first-order valence-corrected chi connectivity index (χ1v) is 7.59. The minimum Gasteiger partial charge on any atom is -0.399 e. The highest BCUT2D eigenvalue weighted by atomic mass is 16.5. The van der Waals surface area contributed by atoms with Gasteiger partial charge in [0.15, 0.2) is 0 Å². The molecular formula is C17H26N2O2. The molecule has 2 rings (SSSR count). The van der Waals surface area contributed by atoms with Crippen molar-refractivity contribution in [1.29, 1.82) is 0 Å². The van der Waals surface area contributed by atoms with Crippen LogP contribution in [-0.2, 0) is 14.9 Å². The van der Waals surface area contributed by atoms with Crippen LogP contribution in [0.5, 0.6) is 0 Å². The Morgan fingerprint density at radius 3 is 2.67 bits per heavy atom. The SMILES string of the molecule is COCC1CCCN(C(=O)C(C)(C)c2ccc(N)cc2)C1. The standard InChI is InChI=1S/C17H26N2O2/c1-17(2,14-6-8-15(18)9-7-14)16(20)19-10-4-5-13(11-19)12-21-3/h6-9,13H,4-5,10-12,18H2,1-3H3. The van der Waals surface area contributed by atoms with Crippen LogP contribution in [0.2, 0.25) is 0 Å². The Morgan fingerprint density at radius 2 is 2.05 bits per heavy atom. The molecule has 0 aliphatic carbocycles. The lowest BCUT2D eigenvalue weighted by Crippen LogP contribution is -2.48. The Kier molecular flexibility index (Phi) is 4.88. The summed E-state index contributed by atoms with van der Waals surface area (Å²) >= 11 is 0. The molecule has 1 fully saturated rings. The first-order valence-electron chi connectivity index (χ1n) is 7.59. The summed E-state index contributed by atoms with van der Waals surface area (Å²) in [7, 11) is 1.72. The van der Waals surface area contributed by atoms with E-state index >= 15 is 0 Å². The van der Waals surface area contributed by atoms with E-state index in [1.807, 2.05) is 43.0 Å². The summed E-state index contributed by atoms with van der Waals surface area (Å²) < 4.78 is 5.24. The van der Waals surface area contributed by atoms with E-state index in [9.17, 15) is 4.79 Å². The molecule has 1 aliphatic rings. The van der Waals surface area contributed by atoms with Gasteiger partial charge >= 0.3 is 0 Å². The lowest BCUT2D eigenvalue weighted by Gasteiger charge is -2.37. The Hall–Kier alpha value is -1.55. The molecule has 1 aromatic carbocycles. The Labute approximate surface area is 127 Å². The number of nitrogens with zero attached hydrogens (tertiary/aromatic N) is 1. The normalized spacial score (nSPS) is 19.6. The molecule has 21 heavy (non-hydrogen) atoms. The first-order chi connectivity index (χ1) is 9.95. The van der Waals surface area contributed by atoms with E-state index in [0.29, 0.717) is 5.92 Å². The molecule has 0 saturated carbocycles. The van der Waals surface area contributed by atoms with Gasteiger partial charge in [0, 0.05) is 25.9 Å². The van der Waals surface area contributed by atoms with E-state index < -0.39 is 5.41 Å². The number of amides is 1. The number of methoxy groups -OCH3 is 1. The zero-order chi connectivity index (χ0) is 15.5. The number of carbonyl (C=O) groups is 1. The molecule has 1 saturated heterocycles. The highest BCUT2D eigenvalue weighted by Gasteiger charge is 2.35. The van der Waals surface area contributed by atoms with Crippen LogP contribution >= 0.6 is 0 Å². The fourth-order valence-electron chi connectivity index (χ4n) is 3.04. The summed E-state index contributed by atoms with van der Waals surface area (Å²) in [5, 5.41) is 0. The number of piperidine rings is 1. The molecule has 1 heterocycles. The minimum absolute atomic E-state index is 0.188. The molecule has 4 heteroatoms. The van der Waals surface area contributed by atoms with Crippen molar-refractivity contribution >= 4 is 11.6 Å². The van der Waals surface area contributed by atoms with Crippen LogP contribution in [0.25, 0.3) is 0 Å². The van der Waals surface area contributed by atoms with Gasteiger partial charge in [-0.3, -0.25) is 4.79 Å². The highest BCUT2D eigenvalue weighted by Crippen LogP contribution is 2.29. The second-order valence-electron chi connectivity index (χ2n) is 6.46. The smallest absolute Gasteiger partial charge is 0.232 e. The van der Waals surface area contributed by atoms with Gasteiger partial charge in [-0.05, 0) is 50.3 Å². The molecular weight excluding hydrogens is 264 g/mol. The summed E-state index contributed by atoms with van der Waals surface area (Å²) in [5.41, 5.74) is 6.94. The largest absolute Gasteiger partial charge is 0.399 e. The highest BCUT2D eigenvalue weighted by molar-refractivity contribution is 5.87. The molecule has 1 atom stereocenters. The van der Waals surface area contributed by atoms with Gasteiger partial charge in [-0.1, -0.05) is 12.1 Å². The van der Waals surface area contributed by atoms with Gasteiger partial charge in [-0.25, -0.2) is 0 Å². The average Bonchev–Trinajstić information content (AvgIpc) is 2.47. The molecule has 1 aromatic rings. The topological polar surface area (TPSA) is 55.6 Å². The molecule has 4 nitrogen and oxygen atoms in total. The van der Waals surface area contributed by atoms with Crippen LogP contribution in [0.4, 0.5) is 5.69 Å². The van der Waals surface area contributed by atoms with Gasteiger partial charge in [0.05, 0.1) is 12.0 Å².